The van der Waals surface area contributed by atoms with E-state index in [9.17, 15) is 4.79 Å². The van der Waals surface area contributed by atoms with Crippen LogP contribution in [0, 0.1) is 26.7 Å². The third kappa shape index (κ3) is 4.65. The van der Waals surface area contributed by atoms with Gasteiger partial charge in [-0.15, -0.1) is 0 Å². The van der Waals surface area contributed by atoms with Crippen molar-refractivity contribution in [3.63, 3.8) is 0 Å². The van der Waals surface area contributed by atoms with Crippen LogP contribution in [0.1, 0.15) is 39.5 Å². The van der Waals surface area contributed by atoms with Crippen LogP contribution in [0.25, 0.3) is 0 Å². The van der Waals surface area contributed by atoms with Crippen molar-refractivity contribution >= 4 is 5.78 Å². The van der Waals surface area contributed by atoms with E-state index in [0.29, 0.717) is 5.92 Å². The van der Waals surface area contributed by atoms with Gasteiger partial charge in [-0.2, -0.15) is 0 Å². The van der Waals surface area contributed by atoms with Crippen LogP contribution in [0.2, 0.25) is 0 Å². The number of hydrogen-bond acceptors (Lipinski definition) is 4. The molecule has 2 rings (SSSR count). The van der Waals surface area contributed by atoms with E-state index in [1.165, 1.54) is 11.1 Å². The average Bonchev–Trinajstić information content (AvgIpc) is 2.67. The Balaban J connectivity index is 2.23. The topological polar surface area (TPSA) is 32.8 Å². The first-order valence-corrected chi connectivity index (χ1v) is 8.85. The average molecular weight is 332 g/mol. The molecule has 0 aromatic heterocycles. The Morgan fingerprint density at radius 2 is 2.00 bits per heavy atom. The van der Waals surface area contributed by atoms with Gasteiger partial charge in [-0.05, 0) is 64.0 Å². The minimum absolute atomic E-state index is 0.163. The maximum Gasteiger partial charge on any atom is 0.160 e. The summed E-state index contributed by atoms with van der Waals surface area (Å²) < 4.78 is 5.80. The summed E-state index contributed by atoms with van der Waals surface area (Å²) in [6, 6.07) is 2.16. The number of nitrogens with zero attached hydrogens (tertiary/aromatic N) is 2. The molecule has 134 valence electrons. The smallest absolute Gasteiger partial charge is 0.160 e. The number of Topliss-reactive ketones (excluding diaryl/α,β-unsaturated/α-hetero) is 1. The summed E-state index contributed by atoms with van der Waals surface area (Å²) in [5.74, 6) is 0.691. The molecule has 1 fully saturated rings. The van der Waals surface area contributed by atoms with E-state index in [4.69, 9.17) is 4.74 Å². The lowest BCUT2D eigenvalue weighted by atomic mass is 9.91. The molecule has 1 aliphatic rings. The molecule has 4 heteroatoms. The Morgan fingerprint density at radius 1 is 1.29 bits per heavy atom. The van der Waals surface area contributed by atoms with Crippen molar-refractivity contribution in [3.8, 4) is 0 Å². The predicted molar refractivity (Wildman–Crippen MR) is 98.8 cm³/mol. The lowest BCUT2D eigenvalue weighted by Crippen LogP contribution is -2.34. The van der Waals surface area contributed by atoms with E-state index >= 15 is 0 Å². The van der Waals surface area contributed by atoms with Gasteiger partial charge in [0.15, 0.2) is 5.78 Å². The summed E-state index contributed by atoms with van der Waals surface area (Å²) in [7, 11) is 4.23. The highest BCUT2D eigenvalue weighted by atomic mass is 16.5. The van der Waals surface area contributed by atoms with Crippen LogP contribution in [-0.4, -0.2) is 62.5 Å². The molecule has 1 atom stereocenters. The second-order valence-corrected chi connectivity index (χ2v) is 7.48. The van der Waals surface area contributed by atoms with Crippen molar-refractivity contribution in [2.24, 2.45) is 5.92 Å². The van der Waals surface area contributed by atoms with Gasteiger partial charge in [0.25, 0.3) is 0 Å². The highest BCUT2D eigenvalue weighted by Crippen LogP contribution is 2.25. The van der Waals surface area contributed by atoms with E-state index in [0.717, 1.165) is 56.1 Å². The summed E-state index contributed by atoms with van der Waals surface area (Å²) in [5, 5.41) is 0. The van der Waals surface area contributed by atoms with E-state index in [-0.39, 0.29) is 5.78 Å². The van der Waals surface area contributed by atoms with Gasteiger partial charge < -0.3 is 9.64 Å². The predicted octanol–water partition coefficient (Wildman–Crippen LogP) is 2.82. The Morgan fingerprint density at radius 3 is 2.62 bits per heavy atom. The fraction of sp³-hybridized carbons (Fsp3) is 0.650. The molecular formula is C20H32N2O2. The maximum absolute atomic E-state index is 12.0. The molecule has 1 saturated heterocycles. The van der Waals surface area contributed by atoms with Crippen LogP contribution in [-0.2, 0) is 11.3 Å². The van der Waals surface area contributed by atoms with Gasteiger partial charge >= 0.3 is 0 Å². The molecular weight excluding hydrogens is 300 g/mol. The quantitative estimate of drug-likeness (QED) is 0.776. The Hall–Kier alpha value is -1.23. The number of benzene rings is 1. The maximum atomic E-state index is 12.0. The van der Waals surface area contributed by atoms with Crippen LogP contribution >= 0.6 is 0 Å². The molecule has 0 N–H and O–H groups in total. The molecule has 1 aromatic rings. The number of rotatable bonds is 5. The van der Waals surface area contributed by atoms with Crippen molar-refractivity contribution in [1.82, 2.24) is 9.80 Å². The van der Waals surface area contributed by atoms with Gasteiger partial charge in [0.1, 0.15) is 0 Å². The number of hydrogen-bond donors (Lipinski definition) is 0. The number of carbonyl (C=O) groups excluding carboxylic acids is 1. The molecule has 0 spiro atoms. The Kier molecular flexibility index (Phi) is 6.55. The minimum atomic E-state index is 0.163. The van der Waals surface area contributed by atoms with E-state index in [1.807, 2.05) is 6.92 Å². The first-order chi connectivity index (χ1) is 11.3. The van der Waals surface area contributed by atoms with Crippen LogP contribution in [0.5, 0.6) is 0 Å². The van der Waals surface area contributed by atoms with Gasteiger partial charge in [0, 0.05) is 37.7 Å². The second-order valence-electron chi connectivity index (χ2n) is 7.48. The zero-order valence-electron chi connectivity index (χ0n) is 16.1. The van der Waals surface area contributed by atoms with E-state index in [2.05, 4.69) is 43.8 Å². The van der Waals surface area contributed by atoms with Gasteiger partial charge in [-0.1, -0.05) is 6.07 Å². The minimum Gasteiger partial charge on any atom is -0.380 e. The Labute approximate surface area is 146 Å². The molecule has 24 heavy (non-hydrogen) atoms. The second kappa shape index (κ2) is 8.24. The molecule has 0 amide bonds. The fourth-order valence-corrected chi connectivity index (χ4v) is 3.96. The molecule has 1 aromatic carbocycles. The summed E-state index contributed by atoms with van der Waals surface area (Å²) in [6.07, 6.45) is 0. The number of aryl methyl sites for hydroxylation is 2. The Bertz CT molecular complexity index is 596. The zero-order valence-corrected chi connectivity index (χ0v) is 16.1. The van der Waals surface area contributed by atoms with Gasteiger partial charge in [0.05, 0.1) is 13.2 Å². The third-order valence-electron chi connectivity index (χ3n) is 4.91. The molecule has 0 saturated carbocycles. The highest BCUT2D eigenvalue weighted by molar-refractivity contribution is 5.97. The summed E-state index contributed by atoms with van der Waals surface area (Å²) in [4.78, 5) is 16.7. The van der Waals surface area contributed by atoms with Gasteiger partial charge in [-0.25, -0.2) is 0 Å². The van der Waals surface area contributed by atoms with Crippen molar-refractivity contribution in [3.05, 3.63) is 33.9 Å². The van der Waals surface area contributed by atoms with Crippen molar-refractivity contribution in [2.75, 3.05) is 46.9 Å². The van der Waals surface area contributed by atoms with Crippen molar-refractivity contribution < 1.29 is 9.53 Å². The van der Waals surface area contributed by atoms with Crippen LogP contribution in [0.15, 0.2) is 6.07 Å². The number of ketones is 1. The third-order valence-corrected chi connectivity index (χ3v) is 4.91. The lowest BCUT2D eigenvalue weighted by molar-refractivity contribution is 0.101. The molecule has 0 bridgehead atoms. The summed E-state index contributed by atoms with van der Waals surface area (Å²) in [5.41, 5.74) is 5.72. The summed E-state index contributed by atoms with van der Waals surface area (Å²) in [6.45, 7) is 13.5. The van der Waals surface area contributed by atoms with E-state index in [1.54, 1.807) is 6.92 Å². The SMILES string of the molecule is CC(=O)c1c(C)cc(C)c(CN2CCOCC(CN(C)C)C2)c1C. The van der Waals surface area contributed by atoms with Crippen LogP contribution in [0.3, 0.4) is 0 Å². The van der Waals surface area contributed by atoms with Gasteiger partial charge in [-0.3, -0.25) is 9.69 Å². The summed E-state index contributed by atoms with van der Waals surface area (Å²) >= 11 is 0. The standard InChI is InChI=1S/C20H32N2O2/c1-14-9-15(2)20(17(4)23)16(3)19(14)12-22-7-8-24-13-18(11-22)10-21(5)6/h9,18H,7-8,10-13H2,1-6H3. The number of carbonyl (C=O) groups is 1. The van der Waals surface area contributed by atoms with E-state index < -0.39 is 0 Å². The normalized spacial score (nSPS) is 19.5. The molecule has 1 heterocycles. The zero-order chi connectivity index (χ0) is 17.9. The lowest BCUT2D eigenvalue weighted by Gasteiger charge is -2.27. The van der Waals surface area contributed by atoms with Crippen molar-refractivity contribution in [2.45, 2.75) is 34.2 Å². The monoisotopic (exact) mass is 332 g/mol. The molecule has 0 radical (unpaired) electrons. The molecule has 4 nitrogen and oxygen atoms in total. The fourth-order valence-electron chi connectivity index (χ4n) is 3.96. The first-order valence-electron chi connectivity index (χ1n) is 8.85. The molecule has 1 unspecified atom stereocenters. The van der Waals surface area contributed by atoms with Crippen molar-refractivity contribution in [1.29, 1.82) is 0 Å². The van der Waals surface area contributed by atoms with Crippen LogP contribution < -0.4 is 0 Å². The van der Waals surface area contributed by atoms with Gasteiger partial charge in [0.2, 0.25) is 0 Å². The molecule has 1 aliphatic heterocycles. The largest absolute Gasteiger partial charge is 0.380 e. The highest BCUT2D eigenvalue weighted by Gasteiger charge is 2.22. The molecule has 0 aliphatic carbocycles. The van der Waals surface area contributed by atoms with Crippen LogP contribution in [0.4, 0.5) is 0 Å². The number of ether oxygens (including phenoxy) is 1. The first kappa shape index (κ1) is 19.1.